The number of anilines is 2. The molecule has 162 valence electrons. The van der Waals surface area contributed by atoms with Crippen molar-refractivity contribution in [3.63, 3.8) is 0 Å². The van der Waals surface area contributed by atoms with Gasteiger partial charge in [0.15, 0.2) is 0 Å². The van der Waals surface area contributed by atoms with Crippen molar-refractivity contribution in [1.29, 1.82) is 0 Å². The number of aliphatic hydroxyl groups is 1. The van der Waals surface area contributed by atoms with Crippen LogP contribution in [-0.4, -0.2) is 45.1 Å². The summed E-state index contributed by atoms with van der Waals surface area (Å²) in [6, 6.07) is 22.0. The maximum atomic E-state index is 12.4. The average molecular weight is 453 g/mol. The molecule has 0 unspecified atom stereocenters. The number of thiazole rings is 1. The lowest BCUT2D eigenvalue weighted by Gasteiger charge is -2.35. The first-order valence-electron chi connectivity index (χ1n) is 10.7. The molecule has 0 saturated carbocycles. The van der Waals surface area contributed by atoms with E-state index in [1.54, 1.807) is 22.4 Å². The smallest absolute Gasteiger partial charge is 0.254 e. The molecule has 33 heavy (non-hydrogen) atoms. The maximum absolute atomic E-state index is 12.4. The first-order chi connectivity index (χ1) is 16.1. The van der Waals surface area contributed by atoms with E-state index < -0.39 is 6.10 Å². The minimum absolute atomic E-state index is 0.0430. The summed E-state index contributed by atoms with van der Waals surface area (Å²) in [5, 5.41) is 13.9. The molecule has 2 aromatic heterocycles. The molecule has 6 rings (SSSR count). The number of likely N-dealkylation sites (tertiary alicyclic amines) is 1. The highest BCUT2D eigenvalue weighted by atomic mass is 32.1. The molecule has 0 bridgehead atoms. The van der Waals surface area contributed by atoms with Gasteiger partial charge in [-0.1, -0.05) is 24.3 Å². The van der Waals surface area contributed by atoms with Crippen LogP contribution in [0.3, 0.4) is 0 Å². The fourth-order valence-corrected chi connectivity index (χ4v) is 4.80. The van der Waals surface area contributed by atoms with Crippen molar-refractivity contribution in [1.82, 2.24) is 14.9 Å². The normalized spacial score (nSPS) is 13.9. The lowest BCUT2D eigenvalue weighted by Crippen LogP contribution is -2.53. The number of amides is 1. The van der Waals surface area contributed by atoms with Gasteiger partial charge in [-0.3, -0.25) is 9.78 Å². The number of nitrogens with zero attached hydrogens (tertiary/aromatic N) is 3. The number of aliphatic hydroxyl groups excluding tert-OH is 1. The summed E-state index contributed by atoms with van der Waals surface area (Å²) < 4.78 is 1.17. The third kappa shape index (κ3) is 3.71. The molecular formula is C26H20N4O2S. The topological polar surface area (TPSA) is 78.4 Å². The zero-order chi connectivity index (χ0) is 22.4. The van der Waals surface area contributed by atoms with Crippen molar-refractivity contribution in [2.75, 3.05) is 18.4 Å². The number of hydrogen-bond acceptors (Lipinski definition) is 6. The van der Waals surface area contributed by atoms with Crippen LogP contribution in [0.2, 0.25) is 0 Å². The molecule has 1 aliphatic heterocycles. The number of carbonyl (C=O) groups excluding carboxylic acids is 1. The fraction of sp³-hybridized carbons (Fsp3) is 0.115. The van der Waals surface area contributed by atoms with Crippen LogP contribution < -0.4 is 5.32 Å². The van der Waals surface area contributed by atoms with E-state index in [1.165, 1.54) is 4.70 Å². The molecular weight excluding hydrogens is 432 g/mol. The van der Waals surface area contributed by atoms with Gasteiger partial charge in [0.1, 0.15) is 0 Å². The standard InChI is InChI=1S/C26H20N4O2S/c31-20-13-30(14-20)26(32)17-3-1-16(2-4-17)18-5-7-21-22(9-10-27-23(21)11-18)29-19-6-8-25-24(12-19)28-15-33-25/h1-12,15,20,31H,13-14H2,(H,27,29). The lowest BCUT2D eigenvalue weighted by molar-refractivity contribution is 0.00590. The molecule has 0 radical (unpaired) electrons. The van der Waals surface area contributed by atoms with E-state index in [2.05, 4.69) is 51.7 Å². The van der Waals surface area contributed by atoms with E-state index in [-0.39, 0.29) is 5.91 Å². The zero-order valence-electron chi connectivity index (χ0n) is 17.6. The van der Waals surface area contributed by atoms with E-state index in [4.69, 9.17) is 0 Å². The SMILES string of the molecule is O=C(c1ccc(-c2ccc3c(Nc4ccc5scnc5c4)ccnc3c2)cc1)N1CC(O)C1. The molecule has 6 nitrogen and oxygen atoms in total. The predicted molar refractivity (Wildman–Crippen MR) is 132 cm³/mol. The monoisotopic (exact) mass is 452 g/mol. The van der Waals surface area contributed by atoms with Gasteiger partial charge in [-0.2, -0.15) is 0 Å². The zero-order valence-corrected chi connectivity index (χ0v) is 18.4. The number of fused-ring (bicyclic) bond motifs is 2. The van der Waals surface area contributed by atoms with Crippen LogP contribution >= 0.6 is 11.3 Å². The molecule has 0 spiro atoms. The lowest BCUT2D eigenvalue weighted by atomic mass is 10.0. The number of hydrogen-bond donors (Lipinski definition) is 2. The van der Waals surface area contributed by atoms with Crippen LogP contribution in [0.4, 0.5) is 11.4 Å². The molecule has 1 aliphatic rings. The van der Waals surface area contributed by atoms with Crippen LogP contribution in [-0.2, 0) is 0 Å². The number of rotatable bonds is 4. The second kappa shape index (κ2) is 7.95. The van der Waals surface area contributed by atoms with Gasteiger partial charge in [0.2, 0.25) is 0 Å². The van der Waals surface area contributed by atoms with Crippen molar-refractivity contribution in [2.24, 2.45) is 0 Å². The third-order valence-corrected chi connectivity index (χ3v) is 6.78. The number of nitrogens with one attached hydrogen (secondary N) is 1. The maximum Gasteiger partial charge on any atom is 0.254 e. The number of aromatic nitrogens is 2. The van der Waals surface area contributed by atoms with Crippen LogP contribution in [0.15, 0.2) is 78.4 Å². The van der Waals surface area contributed by atoms with E-state index in [9.17, 15) is 9.90 Å². The summed E-state index contributed by atoms with van der Waals surface area (Å²) in [5.41, 5.74) is 8.39. The summed E-state index contributed by atoms with van der Waals surface area (Å²) >= 11 is 1.63. The molecule has 3 aromatic carbocycles. The van der Waals surface area contributed by atoms with E-state index in [0.717, 1.165) is 38.9 Å². The van der Waals surface area contributed by atoms with Gasteiger partial charge < -0.3 is 15.3 Å². The van der Waals surface area contributed by atoms with Gasteiger partial charge in [-0.25, -0.2) is 4.98 Å². The molecule has 5 aromatic rings. The van der Waals surface area contributed by atoms with Crippen molar-refractivity contribution in [2.45, 2.75) is 6.10 Å². The summed E-state index contributed by atoms with van der Waals surface area (Å²) in [5.74, 6) is -0.0430. The Bertz CT molecular complexity index is 1490. The summed E-state index contributed by atoms with van der Waals surface area (Å²) in [6.45, 7) is 0.815. The van der Waals surface area contributed by atoms with Gasteiger partial charge in [-0.05, 0) is 53.6 Å². The van der Waals surface area contributed by atoms with Crippen molar-refractivity contribution >= 4 is 49.7 Å². The van der Waals surface area contributed by atoms with Crippen molar-refractivity contribution in [3.05, 3.63) is 84.0 Å². The predicted octanol–water partition coefficient (Wildman–Crippen LogP) is 5.07. The highest BCUT2D eigenvalue weighted by molar-refractivity contribution is 7.16. The summed E-state index contributed by atoms with van der Waals surface area (Å²) in [4.78, 5) is 23.1. The van der Waals surface area contributed by atoms with E-state index >= 15 is 0 Å². The second-order valence-electron chi connectivity index (χ2n) is 8.19. The Morgan fingerprint density at radius 1 is 0.939 bits per heavy atom. The number of carbonyl (C=O) groups is 1. The summed E-state index contributed by atoms with van der Waals surface area (Å²) in [6.07, 6.45) is 1.41. The van der Waals surface area contributed by atoms with Gasteiger partial charge in [0.05, 0.1) is 27.3 Å². The highest BCUT2D eigenvalue weighted by Crippen LogP contribution is 2.31. The molecule has 0 atom stereocenters. The van der Waals surface area contributed by atoms with Gasteiger partial charge in [-0.15, -0.1) is 11.3 Å². The Morgan fingerprint density at radius 2 is 1.76 bits per heavy atom. The van der Waals surface area contributed by atoms with Gasteiger partial charge >= 0.3 is 0 Å². The Morgan fingerprint density at radius 3 is 2.58 bits per heavy atom. The average Bonchev–Trinajstić information content (AvgIpc) is 3.30. The van der Waals surface area contributed by atoms with Gasteiger partial charge in [0.25, 0.3) is 5.91 Å². The highest BCUT2D eigenvalue weighted by Gasteiger charge is 2.29. The minimum atomic E-state index is -0.395. The molecule has 0 aliphatic carbocycles. The van der Waals surface area contributed by atoms with Crippen LogP contribution in [0, 0.1) is 0 Å². The molecule has 3 heterocycles. The molecule has 7 heteroatoms. The largest absolute Gasteiger partial charge is 0.389 e. The first kappa shape index (κ1) is 19.8. The van der Waals surface area contributed by atoms with Crippen LogP contribution in [0.5, 0.6) is 0 Å². The number of pyridine rings is 1. The second-order valence-corrected chi connectivity index (χ2v) is 9.08. The number of benzene rings is 3. The molecule has 1 saturated heterocycles. The first-order valence-corrected chi connectivity index (χ1v) is 11.6. The Hall–Kier alpha value is -3.81. The molecule has 1 fully saturated rings. The Balaban J connectivity index is 1.27. The van der Waals surface area contributed by atoms with Crippen LogP contribution in [0.25, 0.3) is 32.2 Å². The Labute approximate surface area is 194 Å². The fourth-order valence-electron chi connectivity index (χ4n) is 4.14. The van der Waals surface area contributed by atoms with Gasteiger partial charge in [0, 0.05) is 41.6 Å². The minimum Gasteiger partial charge on any atom is -0.389 e. The summed E-state index contributed by atoms with van der Waals surface area (Å²) in [7, 11) is 0. The third-order valence-electron chi connectivity index (χ3n) is 5.97. The molecule has 2 N–H and O–H groups in total. The van der Waals surface area contributed by atoms with Crippen LogP contribution in [0.1, 0.15) is 10.4 Å². The van der Waals surface area contributed by atoms with E-state index in [1.807, 2.05) is 35.8 Å². The van der Waals surface area contributed by atoms with Crippen molar-refractivity contribution in [3.8, 4) is 11.1 Å². The number of β-amino-alcohol motifs (C(OH)–C–C–N with tert-alkyl or cyclic N) is 1. The molecule has 1 amide bonds. The van der Waals surface area contributed by atoms with E-state index in [0.29, 0.717) is 18.7 Å². The quantitative estimate of drug-likeness (QED) is 0.398. The Kier molecular flexibility index (Phi) is 4.78. The van der Waals surface area contributed by atoms with Crippen molar-refractivity contribution < 1.29 is 9.90 Å².